The lowest BCUT2D eigenvalue weighted by Gasteiger charge is -2.17. The zero-order chi connectivity index (χ0) is 14.3. The van der Waals surface area contributed by atoms with Crippen molar-refractivity contribution in [2.45, 2.75) is 25.4 Å². The zero-order valence-electron chi connectivity index (χ0n) is 10.8. The van der Waals surface area contributed by atoms with Crippen LogP contribution in [0.1, 0.15) is 12.6 Å². The summed E-state index contributed by atoms with van der Waals surface area (Å²) in [6.07, 6.45) is 3.11. The van der Waals surface area contributed by atoms with E-state index in [0.717, 1.165) is 0 Å². The normalized spacial score (nSPS) is 13.6. The minimum absolute atomic E-state index is 0.140. The molecule has 0 saturated heterocycles. The van der Waals surface area contributed by atoms with Crippen LogP contribution in [0.15, 0.2) is 12.5 Å². The highest BCUT2D eigenvalue weighted by atomic mass is 16.5. The molecule has 0 aliphatic carbocycles. The van der Waals surface area contributed by atoms with Crippen LogP contribution < -0.4 is 10.6 Å². The maximum absolute atomic E-state index is 11.6. The molecule has 1 aromatic rings. The summed E-state index contributed by atoms with van der Waals surface area (Å²) in [6, 6.07) is -1.77. The van der Waals surface area contributed by atoms with E-state index < -0.39 is 18.0 Å². The van der Waals surface area contributed by atoms with E-state index in [2.05, 4.69) is 20.6 Å². The second kappa shape index (κ2) is 7.37. The topological polar surface area (TPSA) is 116 Å². The van der Waals surface area contributed by atoms with Crippen LogP contribution >= 0.6 is 0 Å². The molecule has 0 radical (unpaired) electrons. The number of nitrogens with one attached hydrogen (secondary N) is 3. The number of carbonyl (C=O) groups excluding carboxylic acids is 1. The van der Waals surface area contributed by atoms with Gasteiger partial charge in [-0.05, 0) is 6.92 Å². The van der Waals surface area contributed by atoms with Gasteiger partial charge in [0.15, 0.2) is 0 Å². The lowest BCUT2D eigenvalue weighted by molar-refractivity contribution is -0.139. The van der Waals surface area contributed by atoms with Crippen LogP contribution in [-0.4, -0.2) is 52.9 Å². The van der Waals surface area contributed by atoms with Gasteiger partial charge in [0.2, 0.25) is 0 Å². The van der Waals surface area contributed by atoms with Gasteiger partial charge in [0.1, 0.15) is 6.04 Å². The molecule has 0 spiro atoms. The van der Waals surface area contributed by atoms with Crippen LogP contribution in [-0.2, 0) is 16.0 Å². The number of hydrogen-bond acceptors (Lipinski definition) is 4. The highest BCUT2D eigenvalue weighted by molar-refractivity contribution is 5.82. The minimum atomic E-state index is -1.11. The second-order valence-electron chi connectivity index (χ2n) is 4.15. The number of H-pyrrole nitrogens is 1. The van der Waals surface area contributed by atoms with E-state index in [0.29, 0.717) is 12.3 Å². The summed E-state index contributed by atoms with van der Waals surface area (Å²) in [4.78, 5) is 29.3. The largest absolute Gasteiger partial charge is 0.480 e. The van der Waals surface area contributed by atoms with Crippen LogP contribution in [0.2, 0.25) is 0 Å². The second-order valence-corrected chi connectivity index (χ2v) is 4.15. The number of aromatic amines is 1. The van der Waals surface area contributed by atoms with Gasteiger partial charge < -0.3 is 25.5 Å². The Labute approximate surface area is 110 Å². The van der Waals surface area contributed by atoms with Crippen molar-refractivity contribution in [3.8, 4) is 0 Å². The van der Waals surface area contributed by atoms with Crippen molar-refractivity contribution in [3.05, 3.63) is 18.2 Å². The predicted octanol–water partition coefficient (Wildman–Crippen LogP) is -0.260. The predicted molar refractivity (Wildman–Crippen MR) is 66.7 cm³/mol. The molecular formula is C11H18N4O4. The molecule has 0 saturated carbocycles. The number of nitrogens with zero attached hydrogens (tertiary/aromatic N) is 1. The molecule has 0 fully saturated rings. The summed E-state index contributed by atoms with van der Waals surface area (Å²) in [5.41, 5.74) is 0.637. The fraction of sp³-hybridized carbons (Fsp3) is 0.545. The Morgan fingerprint density at radius 3 is 2.79 bits per heavy atom. The Kier molecular flexibility index (Phi) is 5.80. The maximum atomic E-state index is 11.6. The van der Waals surface area contributed by atoms with E-state index in [4.69, 9.17) is 9.84 Å². The average molecular weight is 270 g/mol. The third-order valence-corrected chi connectivity index (χ3v) is 2.38. The quantitative estimate of drug-likeness (QED) is 0.544. The summed E-state index contributed by atoms with van der Waals surface area (Å²) in [6.45, 7) is 2.11. The number of urea groups is 1. The van der Waals surface area contributed by atoms with Gasteiger partial charge in [0, 0.05) is 25.4 Å². The number of carboxylic acid groups (broad SMARTS) is 1. The smallest absolute Gasteiger partial charge is 0.326 e. The molecular weight excluding hydrogens is 252 g/mol. The van der Waals surface area contributed by atoms with Gasteiger partial charge in [0.05, 0.1) is 19.0 Å². The highest BCUT2D eigenvalue weighted by Gasteiger charge is 2.21. The Bertz CT molecular complexity index is 407. The number of carboxylic acids is 1. The fourth-order valence-electron chi connectivity index (χ4n) is 1.53. The van der Waals surface area contributed by atoms with Crippen molar-refractivity contribution in [3.63, 3.8) is 0 Å². The minimum Gasteiger partial charge on any atom is -0.480 e. The van der Waals surface area contributed by atoms with E-state index in [1.54, 1.807) is 6.92 Å². The van der Waals surface area contributed by atoms with Crippen molar-refractivity contribution >= 4 is 12.0 Å². The number of amides is 2. The molecule has 0 aromatic carbocycles. The first-order chi connectivity index (χ1) is 9.02. The molecule has 1 aromatic heterocycles. The van der Waals surface area contributed by atoms with Crippen molar-refractivity contribution < 1.29 is 19.4 Å². The summed E-state index contributed by atoms with van der Waals surface area (Å²) in [7, 11) is 1.52. The monoisotopic (exact) mass is 270 g/mol. The number of rotatable bonds is 7. The number of aliphatic carboxylic acids is 1. The van der Waals surface area contributed by atoms with E-state index in [1.807, 2.05) is 0 Å². The fourth-order valence-corrected chi connectivity index (χ4v) is 1.53. The Hall–Kier alpha value is -2.09. The van der Waals surface area contributed by atoms with Gasteiger partial charge in [-0.2, -0.15) is 0 Å². The molecule has 19 heavy (non-hydrogen) atoms. The first-order valence-electron chi connectivity index (χ1n) is 5.79. The maximum Gasteiger partial charge on any atom is 0.326 e. The van der Waals surface area contributed by atoms with Gasteiger partial charge >= 0.3 is 12.0 Å². The molecule has 1 rings (SSSR count). The van der Waals surface area contributed by atoms with E-state index in [1.165, 1.54) is 19.6 Å². The number of aromatic nitrogens is 2. The standard InChI is InChI=1S/C11H18N4O4/c1-7(5-19-2)14-11(18)15-9(10(16)17)3-8-4-12-6-13-8/h4,6-7,9H,3,5H2,1-2H3,(H,12,13)(H,16,17)(H2,14,15,18)/t7?,9-/m0/s1. The van der Waals surface area contributed by atoms with E-state index in [-0.39, 0.29) is 12.5 Å². The summed E-state index contributed by atoms with van der Waals surface area (Å²) >= 11 is 0. The van der Waals surface area contributed by atoms with Crippen LogP contribution in [0.25, 0.3) is 0 Å². The SMILES string of the molecule is COCC(C)NC(=O)N[C@@H](Cc1cnc[nH]1)C(=O)O. The van der Waals surface area contributed by atoms with Gasteiger partial charge in [-0.15, -0.1) is 0 Å². The molecule has 2 amide bonds. The Morgan fingerprint density at radius 1 is 1.53 bits per heavy atom. The Morgan fingerprint density at radius 2 is 2.26 bits per heavy atom. The Balaban J connectivity index is 2.49. The summed E-state index contributed by atoms with van der Waals surface area (Å²) in [5.74, 6) is -1.11. The van der Waals surface area contributed by atoms with Gasteiger partial charge in [-0.25, -0.2) is 14.6 Å². The molecule has 1 unspecified atom stereocenters. The van der Waals surface area contributed by atoms with Crippen molar-refractivity contribution in [1.29, 1.82) is 0 Å². The first kappa shape index (κ1) is 15.0. The van der Waals surface area contributed by atoms with E-state index in [9.17, 15) is 9.59 Å². The molecule has 0 aliphatic heterocycles. The summed E-state index contributed by atoms with van der Waals surface area (Å²) < 4.78 is 4.87. The third-order valence-electron chi connectivity index (χ3n) is 2.38. The summed E-state index contributed by atoms with van der Waals surface area (Å²) in [5, 5.41) is 14.0. The average Bonchev–Trinajstić information content (AvgIpc) is 2.80. The number of methoxy groups -OCH3 is 1. The zero-order valence-corrected chi connectivity index (χ0v) is 10.8. The molecule has 0 aliphatic rings. The third kappa shape index (κ3) is 5.38. The van der Waals surface area contributed by atoms with Gasteiger partial charge in [-0.3, -0.25) is 0 Å². The van der Waals surface area contributed by atoms with Crippen LogP contribution in [0.3, 0.4) is 0 Å². The lowest BCUT2D eigenvalue weighted by atomic mass is 10.1. The molecule has 8 heteroatoms. The number of imidazole rings is 1. The molecule has 0 bridgehead atoms. The van der Waals surface area contributed by atoms with Crippen LogP contribution in [0, 0.1) is 0 Å². The lowest BCUT2D eigenvalue weighted by Crippen LogP contribution is -2.50. The molecule has 1 heterocycles. The van der Waals surface area contributed by atoms with E-state index >= 15 is 0 Å². The van der Waals surface area contributed by atoms with Gasteiger partial charge in [-0.1, -0.05) is 0 Å². The molecule has 8 nitrogen and oxygen atoms in total. The van der Waals surface area contributed by atoms with Crippen molar-refractivity contribution in [1.82, 2.24) is 20.6 Å². The van der Waals surface area contributed by atoms with Crippen molar-refractivity contribution in [2.75, 3.05) is 13.7 Å². The van der Waals surface area contributed by atoms with Gasteiger partial charge in [0.25, 0.3) is 0 Å². The molecule has 4 N–H and O–H groups in total. The molecule has 2 atom stereocenters. The van der Waals surface area contributed by atoms with Crippen molar-refractivity contribution in [2.24, 2.45) is 0 Å². The van der Waals surface area contributed by atoms with Crippen LogP contribution in [0.4, 0.5) is 4.79 Å². The number of carbonyl (C=O) groups is 2. The number of hydrogen-bond donors (Lipinski definition) is 4. The first-order valence-corrected chi connectivity index (χ1v) is 5.79. The highest BCUT2D eigenvalue weighted by Crippen LogP contribution is 1.99. The number of ether oxygens (including phenoxy) is 1. The molecule has 106 valence electrons. The van der Waals surface area contributed by atoms with Crippen LogP contribution in [0.5, 0.6) is 0 Å².